The van der Waals surface area contributed by atoms with Gasteiger partial charge in [-0.2, -0.15) is 0 Å². The summed E-state index contributed by atoms with van der Waals surface area (Å²) in [5.41, 5.74) is 0.210. The van der Waals surface area contributed by atoms with Crippen molar-refractivity contribution in [2.45, 2.75) is 57.1 Å². The fourth-order valence-electron chi connectivity index (χ4n) is 4.13. The predicted molar refractivity (Wildman–Crippen MR) is 95.8 cm³/mol. The molecule has 1 saturated heterocycles. The maximum atomic E-state index is 12.8. The molecule has 136 valence electrons. The average Bonchev–Trinajstić information content (AvgIpc) is 2.62. The smallest absolute Gasteiger partial charge is 0.225 e. The third kappa shape index (κ3) is 4.21. The van der Waals surface area contributed by atoms with Crippen LogP contribution in [0.25, 0.3) is 0 Å². The first-order valence-corrected chi connectivity index (χ1v) is 9.31. The van der Waals surface area contributed by atoms with Gasteiger partial charge in [0.05, 0.1) is 18.1 Å². The van der Waals surface area contributed by atoms with E-state index in [9.17, 15) is 14.7 Å². The molecule has 2 amide bonds. The maximum absolute atomic E-state index is 12.8. The van der Waals surface area contributed by atoms with Gasteiger partial charge in [-0.25, -0.2) is 0 Å². The first-order chi connectivity index (χ1) is 12.0. The number of aliphatic hydroxyl groups is 1. The number of piperazine rings is 1. The summed E-state index contributed by atoms with van der Waals surface area (Å²) >= 11 is 0. The van der Waals surface area contributed by atoms with Crippen LogP contribution in [0.4, 0.5) is 0 Å². The second-order valence-electron chi connectivity index (χ2n) is 7.44. The first kappa shape index (κ1) is 17.9. The Kier molecular flexibility index (Phi) is 5.42. The Bertz CT molecular complexity index is 611. The molecule has 1 unspecified atom stereocenters. The number of carbonyl (C=O) groups excluding carboxylic acids is 2. The van der Waals surface area contributed by atoms with E-state index >= 15 is 0 Å². The minimum atomic E-state index is -0.838. The van der Waals surface area contributed by atoms with Crippen LogP contribution in [0.5, 0.6) is 0 Å². The molecule has 0 radical (unpaired) electrons. The number of rotatable bonds is 3. The Hall–Kier alpha value is -1.88. The van der Waals surface area contributed by atoms with Crippen molar-refractivity contribution in [1.29, 1.82) is 0 Å². The summed E-state index contributed by atoms with van der Waals surface area (Å²) in [6.07, 6.45) is 4.77. The summed E-state index contributed by atoms with van der Waals surface area (Å²) in [6.45, 7) is 3.16. The van der Waals surface area contributed by atoms with Gasteiger partial charge < -0.3 is 14.9 Å². The summed E-state index contributed by atoms with van der Waals surface area (Å²) in [6, 6.07) is 9.76. The number of hydrogen-bond acceptors (Lipinski definition) is 3. The van der Waals surface area contributed by atoms with E-state index in [0.29, 0.717) is 32.5 Å². The zero-order chi connectivity index (χ0) is 17.9. The summed E-state index contributed by atoms with van der Waals surface area (Å²) < 4.78 is 0. The molecule has 25 heavy (non-hydrogen) atoms. The SMILES string of the molecule is CC(=O)N1CCN(C(=O)CC2(O)CCCCC2)CC1c1ccccc1. The quantitative estimate of drug-likeness (QED) is 0.916. The van der Waals surface area contributed by atoms with Gasteiger partial charge in [0.1, 0.15) is 0 Å². The van der Waals surface area contributed by atoms with Crippen LogP contribution in [0.3, 0.4) is 0 Å². The highest BCUT2D eigenvalue weighted by molar-refractivity contribution is 5.78. The minimum absolute atomic E-state index is 0.00790. The van der Waals surface area contributed by atoms with Crippen molar-refractivity contribution in [1.82, 2.24) is 9.80 Å². The predicted octanol–water partition coefficient (Wildman–Crippen LogP) is 2.50. The van der Waals surface area contributed by atoms with Crippen LogP contribution in [-0.4, -0.2) is 52.0 Å². The molecule has 1 saturated carbocycles. The first-order valence-electron chi connectivity index (χ1n) is 9.31. The van der Waals surface area contributed by atoms with Crippen molar-refractivity contribution >= 4 is 11.8 Å². The molecule has 1 aliphatic heterocycles. The van der Waals surface area contributed by atoms with Crippen LogP contribution < -0.4 is 0 Å². The molecule has 1 aliphatic carbocycles. The highest BCUT2D eigenvalue weighted by Crippen LogP contribution is 2.32. The van der Waals surface area contributed by atoms with Gasteiger partial charge in [-0.05, 0) is 18.4 Å². The highest BCUT2D eigenvalue weighted by Gasteiger charge is 2.36. The van der Waals surface area contributed by atoms with Crippen molar-refractivity contribution < 1.29 is 14.7 Å². The molecule has 2 aliphatic rings. The molecule has 1 aromatic rings. The highest BCUT2D eigenvalue weighted by atomic mass is 16.3. The molecule has 3 rings (SSSR count). The van der Waals surface area contributed by atoms with Gasteiger partial charge in [-0.3, -0.25) is 9.59 Å². The summed E-state index contributed by atoms with van der Waals surface area (Å²) in [5, 5.41) is 10.7. The topological polar surface area (TPSA) is 60.9 Å². The van der Waals surface area contributed by atoms with E-state index < -0.39 is 5.60 Å². The lowest BCUT2D eigenvalue weighted by atomic mass is 9.82. The molecular weight excluding hydrogens is 316 g/mol. The molecule has 2 fully saturated rings. The van der Waals surface area contributed by atoms with Crippen molar-refractivity contribution in [3.8, 4) is 0 Å². The largest absolute Gasteiger partial charge is 0.389 e. The van der Waals surface area contributed by atoms with Crippen molar-refractivity contribution in [3.05, 3.63) is 35.9 Å². The van der Waals surface area contributed by atoms with Crippen molar-refractivity contribution in [2.24, 2.45) is 0 Å². The third-order valence-corrected chi connectivity index (χ3v) is 5.59. The van der Waals surface area contributed by atoms with Crippen LogP contribution in [0.2, 0.25) is 0 Å². The monoisotopic (exact) mass is 344 g/mol. The van der Waals surface area contributed by atoms with E-state index in [0.717, 1.165) is 24.8 Å². The molecule has 5 nitrogen and oxygen atoms in total. The Morgan fingerprint density at radius 2 is 1.80 bits per heavy atom. The Morgan fingerprint density at radius 3 is 2.44 bits per heavy atom. The number of benzene rings is 1. The molecular formula is C20H28N2O3. The van der Waals surface area contributed by atoms with Crippen LogP contribution in [0.15, 0.2) is 30.3 Å². The van der Waals surface area contributed by atoms with Crippen molar-refractivity contribution in [3.63, 3.8) is 0 Å². The molecule has 0 spiro atoms. The van der Waals surface area contributed by atoms with E-state index in [1.807, 2.05) is 40.1 Å². The maximum Gasteiger partial charge on any atom is 0.225 e. The Morgan fingerprint density at radius 1 is 1.12 bits per heavy atom. The van der Waals surface area contributed by atoms with Gasteiger partial charge in [0.2, 0.25) is 11.8 Å². The van der Waals surface area contributed by atoms with Crippen LogP contribution in [-0.2, 0) is 9.59 Å². The molecule has 0 aromatic heterocycles. The Balaban J connectivity index is 1.71. The Labute approximate surface area is 149 Å². The molecule has 0 bridgehead atoms. The molecule has 1 atom stereocenters. The third-order valence-electron chi connectivity index (χ3n) is 5.59. The van der Waals surface area contributed by atoms with Crippen LogP contribution in [0, 0.1) is 0 Å². The van der Waals surface area contributed by atoms with Gasteiger partial charge >= 0.3 is 0 Å². The lowest BCUT2D eigenvalue weighted by Crippen LogP contribution is -2.53. The average molecular weight is 344 g/mol. The van der Waals surface area contributed by atoms with E-state index in [1.165, 1.54) is 0 Å². The van der Waals surface area contributed by atoms with E-state index in [4.69, 9.17) is 0 Å². The van der Waals surface area contributed by atoms with Crippen LogP contribution in [0.1, 0.15) is 57.1 Å². The normalized spacial score (nSPS) is 23.4. The minimum Gasteiger partial charge on any atom is -0.389 e. The lowest BCUT2D eigenvalue weighted by molar-refractivity contribution is -0.146. The lowest BCUT2D eigenvalue weighted by Gasteiger charge is -2.42. The second-order valence-corrected chi connectivity index (χ2v) is 7.44. The zero-order valence-electron chi connectivity index (χ0n) is 15.0. The molecule has 1 N–H and O–H groups in total. The van der Waals surface area contributed by atoms with Gasteiger partial charge in [-0.15, -0.1) is 0 Å². The van der Waals surface area contributed by atoms with Gasteiger partial charge in [-0.1, -0.05) is 49.6 Å². The van der Waals surface area contributed by atoms with Crippen molar-refractivity contribution in [2.75, 3.05) is 19.6 Å². The van der Waals surface area contributed by atoms with E-state index in [2.05, 4.69) is 0 Å². The van der Waals surface area contributed by atoms with Crippen LogP contribution >= 0.6 is 0 Å². The number of amides is 2. The molecule has 1 heterocycles. The van der Waals surface area contributed by atoms with Gasteiger partial charge in [0.25, 0.3) is 0 Å². The number of carbonyl (C=O) groups is 2. The second kappa shape index (κ2) is 7.56. The van der Waals surface area contributed by atoms with E-state index in [1.54, 1.807) is 6.92 Å². The summed E-state index contributed by atoms with van der Waals surface area (Å²) in [5.74, 6) is 0.0420. The van der Waals surface area contributed by atoms with E-state index in [-0.39, 0.29) is 24.3 Å². The number of hydrogen-bond donors (Lipinski definition) is 1. The van der Waals surface area contributed by atoms with Gasteiger partial charge in [0, 0.05) is 26.6 Å². The summed E-state index contributed by atoms with van der Waals surface area (Å²) in [4.78, 5) is 28.5. The fraction of sp³-hybridized carbons (Fsp3) is 0.600. The molecule has 5 heteroatoms. The standard InChI is InChI=1S/C20H28N2O3/c1-16(23)22-13-12-21(15-18(22)17-8-4-2-5-9-17)19(24)14-20(25)10-6-3-7-11-20/h2,4-5,8-9,18,25H,3,6-7,10-15H2,1H3. The molecule has 1 aromatic carbocycles. The number of nitrogens with zero attached hydrogens (tertiary/aromatic N) is 2. The van der Waals surface area contributed by atoms with Gasteiger partial charge in [0.15, 0.2) is 0 Å². The fourth-order valence-corrected chi connectivity index (χ4v) is 4.13. The summed E-state index contributed by atoms with van der Waals surface area (Å²) in [7, 11) is 0. The zero-order valence-corrected chi connectivity index (χ0v) is 15.0.